The standard InChI is InChI=1S/C14H23N3O2/c1-3-17(4-2)9-10-19-13-7-5-12(6-8-13)11-14(15)16-18/h5-8,18H,3-4,9-11H2,1-2H3,(H2,15,16). The highest BCUT2D eigenvalue weighted by Gasteiger charge is 2.01. The molecule has 0 saturated carbocycles. The van der Waals surface area contributed by atoms with Crippen LogP contribution in [-0.4, -0.2) is 42.2 Å². The summed E-state index contributed by atoms with van der Waals surface area (Å²) < 4.78 is 5.67. The molecule has 5 heteroatoms. The Bertz CT molecular complexity index is 386. The molecule has 0 radical (unpaired) electrons. The van der Waals surface area contributed by atoms with Crippen molar-refractivity contribution in [2.75, 3.05) is 26.2 Å². The lowest BCUT2D eigenvalue weighted by Crippen LogP contribution is -2.27. The van der Waals surface area contributed by atoms with Gasteiger partial charge in [0.15, 0.2) is 0 Å². The van der Waals surface area contributed by atoms with E-state index in [0.717, 1.165) is 30.9 Å². The van der Waals surface area contributed by atoms with Crippen molar-refractivity contribution in [3.05, 3.63) is 29.8 Å². The van der Waals surface area contributed by atoms with E-state index in [1.54, 1.807) is 0 Å². The fourth-order valence-electron chi connectivity index (χ4n) is 1.78. The molecule has 0 aliphatic rings. The Kier molecular flexibility index (Phi) is 6.74. The van der Waals surface area contributed by atoms with E-state index < -0.39 is 0 Å². The quantitative estimate of drug-likeness (QED) is 0.325. The minimum absolute atomic E-state index is 0.204. The van der Waals surface area contributed by atoms with Crippen LogP contribution in [0.1, 0.15) is 19.4 Å². The third kappa shape index (κ3) is 5.61. The van der Waals surface area contributed by atoms with Crippen LogP contribution in [0.4, 0.5) is 0 Å². The van der Waals surface area contributed by atoms with E-state index in [-0.39, 0.29) is 5.84 Å². The van der Waals surface area contributed by atoms with Gasteiger partial charge in [0, 0.05) is 13.0 Å². The molecule has 3 N–H and O–H groups in total. The molecule has 1 rings (SSSR count). The van der Waals surface area contributed by atoms with Crippen molar-refractivity contribution >= 4 is 5.84 Å². The van der Waals surface area contributed by atoms with Crippen molar-refractivity contribution in [2.24, 2.45) is 10.9 Å². The SMILES string of the molecule is CCN(CC)CCOc1ccc(C/C(N)=N/O)cc1. The smallest absolute Gasteiger partial charge is 0.143 e. The largest absolute Gasteiger partial charge is 0.492 e. The third-order valence-corrected chi connectivity index (χ3v) is 3.01. The highest BCUT2D eigenvalue weighted by atomic mass is 16.5. The maximum absolute atomic E-state index is 8.50. The van der Waals surface area contributed by atoms with Crippen LogP contribution < -0.4 is 10.5 Å². The number of nitrogens with two attached hydrogens (primary N) is 1. The first-order chi connectivity index (χ1) is 9.19. The molecule has 0 spiro atoms. The van der Waals surface area contributed by atoms with E-state index in [2.05, 4.69) is 23.9 Å². The van der Waals surface area contributed by atoms with E-state index >= 15 is 0 Å². The fraction of sp³-hybridized carbons (Fsp3) is 0.500. The van der Waals surface area contributed by atoms with Crippen molar-refractivity contribution in [2.45, 2.75) is 20.3 Å². The van der Waals surface area contributed by atoms with Crippen molar-refractivity contribution in [3.8, 4) is 5.75 Å². The monoisotopic (exact) mass is 265 g/mol. The Morgan fingerprint density at radius 3 is 2.42 bits per heavy atom. The molecular weight excluding hydrogens is 242 g/mol. The van der Waals surface area contributed by atoms with Gasteiger partial charge in [0.2, 0.25) is 0 Å². The lowest BCUT2D eigenvalue weighted by atomic mass is 10.1. The average Bonchev–Trinajstić information content (AvgIpc) is 2.45. The normalized spacial score (nSPS) is 11.8. The molecule has 0 unspecified atom stereocenters. The average molecular weight is 265 g/mol. The second-order valence-corrected chi connectivity index (χ2v) is 4.29. The number of nitrogens with zero attached hydrogens (tertiary/aromatic N) is 2. The van der Waals surface area contributed by atoms with Gasteiger partial charge < -0.3 is 20.6 Å². The highest BCUT2D eigenvalue weighted by Crippen LogP contribution is 2.12. The van der Waals surface area contributed by atoms with Gasteiger partial charge in [-0.05, 0) is 30.8 Å². The lowest BCUT2D eigenvalue weighted by molar-refractivity contribution is 0.223. The summed E-state index contributed by atoms with van der Waals surface area (Å²) in [6.45, 7) is 7.98. The van der Waals surface area contributed by atoms with E-state index in [1.165, 1.54) is 0 Å². The Balaban J connectivity index is 2.40. The summed E-state index contributed by atoms with van der Waals surface area (Å²) in [7, 11) is 0. The maximum Gasteiger partial charge on any atom is 0.143 e. The number of hydrogen-bond acceptors (Lipinski definition) is 4. The number of amidine groups is 1. The Morgan fingerprint density at radius 2 is 1.89 bits per heavy atom. The minimum Gasteiger partial charge on any atom is -0.492 e. The molecule has 0 aliphatic heterocycles. The molecular formula is C14H23N3O2. The van der Waals surface area contributed by atoms with E-state index in [1.807, 2.05) is 24.3 Å². The summed E-state index contributed by atoms with van der Waals surface area (Å²) in [5.41, 5.74) is 6.44. The summed E-state index contributed by atoms with van der Waals surface area (Å²) in [4.78, 5) is 2.31. The molecule has 1 aromatic rings. The lowest BCUT2D eigenvalue weighted by Gasteiger charge is -2.18. The molecule has 0 atom stereocenters. The van der Waals surface area contributed by atoms with Gasteiger partial charge in [0.05, 0.1) is 0 Å². The van der Waals surface area contributed by atoms with Crippen LogP contribution in [-0.2, 0) is 6.42 Å². The Labute approximate surface area is 114 Å². The molecule has 106 valence electrons. The number of oxime groups is 1. The molecule has 0 aliphatic carbocycles. The molecule has 0 aromatic heterocycles. The van der Waals surface area contributed by atoms with Crippen molar-refractivity contribution in [1.82, 2.24) is 4.90 Å². The van der Waals surface area contributed by atoms with Gasteiger partial charge in [-0.25, -0.2) is 0 Å². The van der Waals surface area contributed by atoms with Crippen LogP contribution in [0.15, 0.2) is 29.4 Å². The fourth-order valence-corrected chi connectivity index (χ4v) is 1.78. The zero-order chi connectivity index (χ0) is 14.1. The number of rotatable bonds is 8. The maximum atomic E-state index is 8.50. The zero-order valence-electron chi connectivity index (χ0n) is 11.7. The second-order valence-electron chi connectivity index (χ2n) is 4.29. The first-order valence-corrected chi connectivity index (χ1v) is 6.60. The number of likely N-dealkylation sites (N-methyl/N-ethyl adjacent to an activating group) is 1. The van der Waals surface area contributed by atoms with Crippen LogP contribution >= 0.6 is 0 Å². The van der Waals surface area contributed by atoms with Crippen molar-refractivity contribution in [3.63, 3.8) is 0 Å². The Hall–Kier alpha value is -1.75. The first kappa shape index (κ1) is 15.3. The van der Waals surface area contributed by atoms with Gasteiger partial charge in [-0.3, -0.25) is 0 Å². The summed E-state index contributed by atoms with van der Waals surface area (Å²) in [5, 5.41) is 11.5. The van der Waals surface area contributed by atoms with Gasteiger partial charge in [0.25, 0.3) is 0 Å². The van der Waals surface area contributed by atoms with Gasteiger partial charge in [0.1, 0.15) is 18.2 Å². The van der Waals surface area contributed by atoms with Gasteiger partial charge in [-0.2, -0.15) is 0 Å². The second kappa shape index (κ2) is 8.37. The molecule has 0 amide bonds. The van der Waals surface area contributed by atoms with Gasteiger partial charge in [-0.15, -0.1) is 0 Å². The predicted octanol–water partition coefficient (Wildman–Crippen LogP) is 1.70. The van der Waals surface area contributed by atoms with Crippen LogP contribution in [0.25, 0.3) is 0 Å². The molecule has 0 saturated heterocycles. The summed E-state index contributed by atoms with van der Waals surface area (Å²) in [6, 6.07) is 7.65. The first-order valence-electron chi connectivity index (χ1n) is 6.60. The van der Waals surface area contributed by atoms with Crippen LogP contribution in [0, 0.1) is 0 Å². The number of benzene rings is 1. The molecule has 5 nitrogen and oxygen atoms in total. The minimum atomic E-state index is 0.204. The topological polar surface area (TPSA) is 71.1 Å². The molecule has 19 heavy (non-hydrogen) atoms. The molecule has 1 aromatic carbocycles. The summed E-state index contributed by atoms with van der Waals surface area (Å²) in [6.07, 6.45) is 0.441. The molecule has 0 fully saturated rings. The number of hydrogen-bond donors (Lipinski definition) is 2. The third-order valence-electron chi connectivity index (χ3n) is 3.01. The highest BCUT2D eigenvalue weighted by molar-refractivity contribution is 5.82. The van der Waals surface area contributed by atoms with Gasteiger partial charge in [-0.1, -0.05) is 31.1 Å². The summed E-state index contributed by atoms with van der Waals surface area (Å²) >= 11 is 0. The van der Waals surface area contributed by atoms with Crippen molar-refractivity contribution in [1.29, 1.82) is 0 Å². The summed E-state index contributed by atoms with van der Waals surface area (Å²) in [5.74, 6) is 1.05. The molecule has 0 bridgehead atoms. The van der Waals surface area contributed by atoms with Crippen LogP contribution in [0.2, 0.25) is 0 Å². The molecule has 0 heterocycles. The van der Waals surface area contributed by atoms with Crippen LogP contribution in [0.5, 0.6) is 5.75 Å². The Morgan fingerprint density at radius 1 is 1.26 bits per heavy atom. The van der Waals surface area contributed by atoms with Crippen LogP contribution in [0.3, 0.4) is 0 Å². The van der Waals surface area contributed by atoms with Gasteiger partial charge >= 0.3 is 0 Å². The van der Waals surface area contributed by atoms with E-state index in [0.29, 0.717) is 13.0 Å². The van der Waals surface area contributed by atoms with E-state index in [4.69, 9.17) is 15.7 Å². The number of ether oxygens (including phenoxy) is 1. The zero-order valence-corrected chi connectivity index (χ0v) is 11.7. The predicted molar refractivity (Wildman–Crippen MR) is 76.8 cm³/mol. The van der Waals surface area contributed by atoms with E-state index in [9.17, 15) is 0 Å². The van der Waals surface area contributed by atoms with Crippen molar-refractivity contribution < 1.29 is 9.94 Å².